The Labute approximate surface area is 244 Å². The number of ether oxygens (including phenoxy) is 2. The molecule has 0 radical (unpaired) electrons. The molecule has 10 heteroatoms. The van der Waals surface area contributed by atoms with Gasteiger partial charge in [-0.15, -0.1) is 0 Å². The third-order valence-corrected chi connectivity index (χ3v) is 9.59. The maximum absolute atomic E-state index is 13.9. The highest BCUT2D eigenvalue weighted by molar-refractivity contribution is 8.00. The summed E-state index contributed by atoms with van der Waals surface area (Å²) >= 11 is 2.29. The number of amides is 2. The third-order valence-electron chi connectivity index (χ3n) is 7.19. The van der Waals surface area contributed by atoms with Gasteiger partial charge in [0.15, 0.2) is 0 Å². The third kappa shape index (κ3) is 5.09. The van der Waals surface area contributed by atoms with Crippen LogP contribution < -0.4 is 14.5 Å². The number of hydrogen-bond donors (Lipinski definition) is 1. The van der Waals surface area contributed by atoms with Crippen LogP contribution in [-0.2, 0) is 20.9 Å². The summed E-state index contributed by atoms with van der Waals surface area (Å²) in [5, 5.41) is -0.0843. The molecule has 0 bridgehead atoms. The van der Waals surface area contributed by atoms with Crippen LogP contribution in [0.4, 0.5) is 5.69 Å². The Morgan fingerprint density at radius 3 is 2.44 bits per heavy atom. The molecular formula is C31H26N2O6S2. The second kappa shape index (κ2) is 11.0. The maximum atomic E-state index is 13.9. The van der Waals surface area contributed by atoms with E-state index >= 15 is 0 Å². The minimum absolute atomic E-state index is 0.225. The van der Waals surface area contributed by atoms with Crippen molar-refractivity contribution in [2.75, 3.05) is 11.5 Å². The van der Waals surface area contributed by atoms with E-state index in [1.807, 2.05) is 49.4 Å². The van der Waals surface area contributed by atoms with Gasteiger partial charge in [0.05, 0.1) is 28.8 Å². The number of thiazole rings is 1. The number of carbonyl (C=O) groups excluding carboxylic acids is 3. The molecule has 2 aliphatic rings. The number of aryl methyl sites for hydroxylation is 1. The molecule has 41 heavy (non-hydrogen) atoms. The number of anilines is 1. The average Bonchev–Trinajstić information content (AvgIpc) is 3.46. The number of nitrogens with zero attached hydrogens (tertiary/aromatic N) is 1. The number of aromatic nitrogens is 1. The lowest BCUT2D eigenvalue weighted by atomic mass is 9.83. The number of thioether (sulfide) groups is 1. The number of fused-ring (bicyclic) bond motifs is 2. The summed E-state index contributed by atoms with van der Waals surface area (Å²) in [6.45, 7) is 4.43. The molecule has 1 fully saturated rings. The predicted molar refractivity (Wildman–Crippen MR) is 157 cm³/mol. The second-order valence-electron chi connectivity index (χ2n) is 9.88. The average molecular weight is 587 g/mol. The van der Waals surface area contributed by atoms with Crippen molar-refractivity contribution in [3.63, 3.8) is 0 Å². The summed E-state index contributed by atoms with van der Waals surface area (Å²) in [4.78, 5) is 56.6. The number of hydrogen-bond acceptors (Lipinski definition) is 8. The van der Waals surface area contributed by atoms with Crippen molar-refractivity contribution in [3.05, 3.63) is 110 Å². The van der Waals surface area contributed by atoms with Gasteiger partial charge in [0.25, 0.3) is 0 Å². The van der Waals surface area contributed by atoms with Crippen molar-refractivity contribution in [2.45, 2.75) is 36.6 Å². The first-order valence-electron chi connectivity index (χ1n) is 13.2. The fraction of sp³-hybridized carbons (Fsp3) is 0.226. The van der Waals surface area contributed by atoms with Gasteiger partial charge in [-0.1, -0.05) is 65.1 Å². The zero-order chi connectivity index (χ0) is 28.7. The molecule has 0 spiro atoms. The minimum Gasteiger partial charge on any atom is -0.489 e. The van der Waals surface area contributed by atoms with E-state index in [4.69, 9.17) is 9.47 Å². The van der Waals surface area contributed by atoms with Gasteiger partial charge in [-0.25, -0.2) is 9.69 Å². The number of imide groups is 1. The lowest BCUT2D eigenvalue weighted by molar-refractivity contribution is -0.122. The van der Waals surface area contributed by atoms with E-state index in [-0.39, 0.29) is 23.3 Å². The van der Waals surface area contributed by atoms with E-state index in [9.17, 15) is 19.2 Å². The quantitative estimate of drug-likeness (QED) is 0.232. The molecule has 2 aliphatic heterocycles. The highest BCUT2D eigenvalue weighted by Crippen LogP contribution is 2.53. The Bertz CT molecular complexity index is 1690. The van der Waals surface area contributed by atoms with Crippen LogP contribution in [0, 0.1) is 12.8 Å². The molecule has 2 amide bonds. The Morgan fingerprint density at radius 2 is 1.73 bits per heavy atom. The minimum atomic E-state index is -0.702. The number of nitrogens with one attached hydrogen (secondary N) is 1. The molecule has 0 unspecified atom stereocenters. The summed E-state index contributed by atoms with van der Waals surface area (Å²) in [6, 6.07) is 21.9. The van der Waals surface area contributed by atoms with Gasteiger partial charge < -0.3 is 14.5 Å². The molecule has 8 nitrogen and oxygen atoms in total. The topological polar surface area (TPSA) is 106 Å². The number of benzene rings is 3. The van der Waals surface area contributed by atoms with Crippen LogP contribution in [0.15, 0.2) is 82.6 Å². The molecule has 1 aromatic heterocycles. The highest BCUT2D eigenvalue weighted by Gasteiger charge is 2.56. The molecule has 1 N–H and O–H groups in total. The van der Waals surface area contributed by atoms with Crippen LogP contribution in [0.25, 0.3) is 0 Å². The molecule has 208 valence electrons. The summed E-state index contributed by atoms with van der Waals surface area (Å²) in [6.07, 6.45) is 0. The van der Waals surface area contributed by atoms with Gasteiger partial charge in [0, 0.05) is 10.8 Å². The second-order valence-corrected chi connectivity index (χ2v) is 12.0. The summed E-state index contributed by atoms with van der Waals surface area (Å²) in [7, 11) is 0. The van der Waals surface area contributed by atoms with E-state index < -0.39 is 23.1 Å². The van der Waals surface area contributed by atoms with Crippen LogP contribution in [0.2, 0.25) is 0 Å². The fourth-order valence-electron chi connectivity index (χ4n) is 5.33. The van der Waals surface area contributed by atoms with Gasteiger partial charge in [-0.05, 0) is 61.4 Å². The lowest BCUT2D eigenvalue weighted by Crippen LogP contribution is -2.32. The Kier molecular flexibility index (Phi) is 7.27. The molecular weight excluding hydrogens is 560 g/mol. The van der Waals surface area contributed by atoms with Crippen molar-refractivity contribution in [2.24, 2.45) is 5.92 Å². The zero-order valence-electron chi connectivity index (χ0n) is 22.3. The van der Waals surface area contributed by atoms with Crippen molar-refractivity contribution >= 4 is 46.6 Å². The van der Waals surface area contributed by atoms with E-state index in [1.54, 1.807) is 31.2 Å². The first-order chi connectivity index (χ1) is 19.8. The van der Waals surface area contributed by atoms with E-state index in [0.717, 1.165) is 32.9 Å². The molecule has 3 atom stereocenters. The highest BCUT2D eigenvalue weighted by atomic mass is 32.2. The number of rotatable bonds is 7. The number of H-pyrrole nitrogens is 1. The summed E-state index contributed by atoms with van der Waals surface area (Å²) < 4.78 is 11.0. The SMILES string of the molecule is CCOC(=O)c1ccc(N2C(=O)[C@H]3[C@H](c4ccc(OCc5cccc(C)c5)cc4)c4sc(=O)[nH]c4S[C@H]3C2=O)cc1. The Hall–Kier alpha value is -4.15. The lowest BCUT2D eigenvalue weighted by Gasteiger charge is -2.29. The monoisotopic (exact) mass is 586 g/mol. The number of esters is 1. The normalized spacial score (nSPS) is 19.6. The number of aromatic amines is 1. The molecule has 1 saturated heterocycles. The van der Waals surface area contributed by atoms with Crippen LogP contribution >= 0.6 is 23.1 Å². The first kappa shape index (κ1) is 27.0. The largest absolute Gasteiger partial charge is 0.489 e. The zero-order valence-corrected chi connectivity index (χ0v) is 23.9. The van der Waals surface area contributed by atoms with Gasteiger partial charge in [-0.2, -0.15) is 0 Å². The van der Waals surface area contributed by atoms with E-state index in [0.29, 0.717) is 28.6 Å². The van der Waals surface area contributed by atoms with Crippen LogP contribution in [-0.4, -0.2) is 34.6 Å². The standard InChI is InChI=1S/C31H26N2O6S2/c1-3-38-30(36)20-7-11-21(12-8-20)33-28(34)24-23(25-27(32-31(37)41-25)40-26(24)29(33)35)19-9-13-22(14-10-19)39-16-18-6-4-5-17(2)15-18/h4-15,23-24,26H,3,16H2,1-2H3,(H,32,37)/t23-,24-,26+/m0/s1. The van der Waals surface area contributed by atoms with Crippen LogP contribution in [0.1, 0.15) is 44.8 Å². The van der Waals surface area contributed by atoms with Gasteiger partial charge in [0.2, 0.25) is 11.8 Å². The summed E-state index contributed by atoms with van der Waals surface area (Å²) in [5.41, 5.74) is 3.77. The van der Waals surface area contributed by atoms with Gasteiger partial charge in [-0.3, -0.25) is 14.4 Å². The maximum Gasteiger partial charge on any atom is 0.338 e. The van der Waals surface area contributed by atoms with Crippen molar-refractivity contribution in [1.82, 2.24) is 4.98 Å². The Balaban J connectivity index is 1.29. The molecule has 3 heterocycles. The first-order valence-corrected chi connectivity index (χ1v) is 14.9. The fourth-order valence-corrected chi connectivity index (χ4v) is 7.85. The van der Waals surface area contributed by atoms with E-state index in [2.05, 4.69) is 11.1 Å². The summed E-state index contributed by atoms with van der Waals surface area (Å²) in [5.74, 6) is -1.66. The molecule has 4 aromatic rings. The van der Waals surface area contributed by atoms with Crippen molar-refractivity contribution < 1.29 is 23.9 Å². The molecule has 3 aromatic carbocycles. The molecule has 6 rings (SSSR count). The van der Waals surface area contributed by atoms with Crippen molar-refractivity contribution in [1.29, 1.82) is 0 Å². The van der Waals surface area contributed by atoms with Gasteiger partial charge in [0.1, 0.15) is 17.6 Å². The van der Waals surface area contributed by atoms with E-state index in [1.165, 1.54) is 16.7 Å². The predicted octanol–water partition coefficient (Wildman–Crippen LogP) is 5.30. The van der Waals surface area contributed by atoms with Crippen molar-refractivity contribution in [3.8, 4) is 5.75 Å². The van der Waals surface area contributed by atoms with Gasteiger partial charge >= 0.3 is 10.8 Å². The van der Waals surface area contributed by atoms with Crippen LogP contribution in [0.5, 0.6) is 5.75 Å². The smallest absolute Gasteiger partial charge is 0.338 e. The Morgan fingerprint density at radius 1 is 0.976 bits per heavy atom. The molecule has 0 saturated carbocycles. The number of carbonyl (C=O) groups is 3. The van der Waals surface area contributed by atoms with Crippen LogP contribution in [0.3, 0.4) is 0 Å². The molecule has 0 aliphatic carbocycles.